The van der Waals surface area contributed by atoms with Crippen LogP contribution in [0.2, 0.25) is 0 Å². The van der Waals surface area contributed by atoms with Crippen molar-refractivity contribution in [2.75, 3.05) is 19.6 Å². The highest BCUT2D eigenvalue weighted by Gasteiger charge is 2.21. The van der Waals surface area contributed by atoms with Crippen LogP contribution in [0.5, 0.6) is 0 Å². The number of likely N-dealkylation sites (tertiary alicyclic amines) is 1. The number of piperidine rings is 1. The summed E-state index contributed by atoms with van der Waals surface area (Å²) in [5, 5.41) is 0. The third-order valence-electron chi connectivity index (χ3n) is 2.20. The summed E-state index contributed by atoms with van der Waals surface area (Å²) in [5.41, 5.74) is 0. The first-order chi connectivity index (χ1) is 4.74. The van der Waals surface area contributed by atoms with Gasteiger partial charge in [-0.1, -0.05) is 13.8 Å². The molecule has 0 unspecified atom stereocenters. The molecule has 10 heavy (non-hydrogen) atoms. The third kappa shape index (κ3) is 1.57. The number of hydrogen-bond acceptors (Lipinski definition) is 2. The Labute approximate surface area is 62.2 Å². The maximum atomic E-state index is 11.0. The Hall–Kier alpha value is -0.370. The highest BCUT2D eigenvalue weighted by molar-refractivity contribution is 5.81. The van der Waals surface area contributed by atoms with Crippen molar-refractivity contribution in [3.63, 3.8) is 0 Å². The average Bonchev–Trinajstić information content (AvgIpc) is 1.95. The summed E-state index contributed by atoms with van der Waals surface area (Å²) in [6.07, 6.45) is 0.759. The number of Topliss-reactive ketones (excluding diaryl/α,β-unsaturated/α-hetero) is 1. The van der Waals surface area contributed by atoms with Gasteiger partial charge in [-0.3, -0.25) is 4.79 Å². The van der Waals surface area contributed by atoms with Crippen LogP contribution in [0.25, 0.3) is 0 Å². The fourth-order valence-electron chi connectivity index (χ4n) is 1.38. The van der Waals surface area contributed by atoms with Crippen LogP contribution in [0.4, 0.5) is 0 Å². The van der Waals surface area contributed by atoms with Gasteiger partial charge in [0.1, 0.15) is 5.78 Å². The van der Waals surface area contributed by atoms with E-state index < -0.39 is 0 Å². The zero-order chi connectivity index (χ0) is 7.56. The maximum absolute atomic E-state index is 11.0. The molecule has 1 saturated heterocycles. The second kappa shape index (κ2) is 3.15. The predicted octanol–water partition coefficient (Wildman–Crippen LogP) is 0.917. The van der Waals surface area contributed by atoms with Crippen LogP contribution in [0.3, 0.4) is 0 Å². The minimum atomic E-state index is 0.272. The molecule has 0 amide bonds. The second-order valence-electron chi connectivity index (χ2n) is 3.01. The normalized spacial score (nSPS) is 29.0. The van der Waals surface area contributed by atoms with Gasteiger partial charge in [0.2, 0.25) is 0 Å². The van der Waals surface area contributed by atoms with Gasteiger partial charge >= 0.3 is 0 Å². The van der Waals surface area contributed by atoms with E-state index in [0.717, 1.165) is 26.1 Å². The first-order valence-corrected chi connectivity index (χ1v) is 3.99. The third-order valence-corrected chi connectivity index (χ3v) is 2.20. The van der Waals surface area contributed by atoms with E-state index in [4.69, 9.17) is 0 Å². The van der Waals surface area contributed by atoms with Crippen LogP contribution in [0.15, 0.2) is 0 Å². The molecule has 58 valence electrons. The van der Waals surface area contributed by atoms with E-state index in [0.29, 0.717) is 5.78 Å². The van der Waals surface area contributed by atoms with E-state index in [9.17, 15) is 4.79 Å². The fourth-order valence-corrected chi connectivity index (χ4v) is 1.38. The van der Waals surface area contributed by atoms with Gasteiger partial charge in [-0.15, -0.1) is 0 Å². The predicted molar refractivity (Wildman–Crippen MR) is 40.9 cm³/mol. The lowest BCUT2D eigenvalue weighted by Crippen LogP contribution is -2.39. The lowest BCUT2D eigenvalue weighted by molar-refractivity contribution is -0.125. The lowest BCUT2D eigenvalue weighted by Gasteiger charge is -2.28. The van der Waals surface area contributed by atoms with Crippen LogP contribution in [0.1, 0.15) is 20.3 Å². The van der Waals surface area contributed by atoms with Gasteiger partial charge in [-0.05, 0) is 6.54 Å². The van der Waals surface area contributed by atoms with Gasteiger partial charge in [0, 0.05) is 25.4 Å². The van der Waals surface area contributed by atoms with Crippen LogP contribution >= 0.6 is 0 Å². The summed E-state index contributed by atoms with van der Waals surface area (Å²) in [4.78, 5) is 13.4. The fraction of sp³-hybridized carbons (Fsp3) is 0.875. The SMILES string of the molecule is CCN1CCC(=O)[C@H](C)C1. The highest BCUT2D eigenvalue weighted by atomic mass is 16.1. The second-order valence-corrected chi connectivity index (χ2v) is 3.01. The molecule has 0 aliphatic carbocycles. The van der Waals surface area contributed by atoms with Crippen molar-refractivity contribution in [1.29, 1.82) is 0 Å². The van der Waals surface area contributed by atoms with Crippen molar-refractivity contribution >= 4 is 5.78 Å². The van der Waals surface area contributed by atoms with Crippen LogP contribution in [0, 0.1) is 5.92 Å². The van der Waals surface area contributed by atoms with Gasteiger partial charge < -0.3 is 4.90 Å². The van der Waals surface area contributed by atoms with Gasteiger partial charge in [0.25, 0.3) is 0 Å². The Morgan fingerprint density at radius 2 is 2.40 bits per heavy atom. The van der Waals surface area contributed by atoms with E-state index in [2.05, 4.69) is 11.8 Å². The minimum Gasteiger partial charge on any atom is -0.302 e. The van der Waals surface area contributed by atoms with Gasteiger partial charge in [0.15, 0.2) is 0 Å². The quantitative estimate of drug-likeness (QED) is 0.541. The molecule has 0 bridgehead atoms. The molecule has 0 saturated carbocycles. The zero-order valence-electron chi connectivity index (χ0n) is 6.76. The number of hydrogen-bond donors (Lipinski definition) is 0. The largest absolute Gasteiger partial charge is 0.302 e. The van der Waals surface area contributed by atoms with E-state index in [1.807, 2.05) is 6.92 Å². The monoisotopic (exact) mass is 141 g/mol. The molecule has 0 aromatic heterocycles. The highest BCUT2D eigenvalue weighted by Crippen LogP contribution is 2.10. The van der Waals surface area contributed by atoms with E-state index in [1.165, 1.54) is 0 Å². The Bertz CT molecular complexity index is 133. The average molecular weight is 141 g/mol. The molecular formula is C8H15NO. The minimum absolute atomic E-state index is 0.272. The molecule has 1 rings (SSSR count). The number of nitrogens with zero attached hydrogens (tertiary/aromatic N) is 1. The number of rotatable bonds is 1. The Kier molecular flexibility index (Phi) is 2.44. The number of carbonyl (C=O) groups is 1. The van der Waals surface area contributed by atoms with Gasteiger partial charge in [-0.2, -0.15) is 0 Å². The summed E-state index contributed by atoms with van der Waals surface area (Å²) in [7, 11) is 0. The van der Waals surface area contributed by atoms with Gasteiger partial charge in [-0.25, -0.2) is 0 Å². The molecule has 1 aliphatic heterocycles. The summed E-state index contributed by atoms with van der Waals surface area (Å²) >= 11 is 0. The van der Waals surface area contributed by atoms with Crippen molar-refractivity contribution in [3.05, 3.63) is 0 Å². The van der Waals surface area contributed by atoms with Crippen LogP contribution in [-0.4, -0.2) is 30.3 Å². The van der Waals surface area contributed by atoms with Crippen molar-refractivity contribution in [3.8, 4) is 0 Å². The molecule has 1 heterocycles. The summed E-state index contributed by atoms with van der Waals surface area (Å²) in [6.45, 7) is 7.18. The standard InChI is InChI=1S/C8H15NO/c1-3-9-5-4-8(10)7(2)6-9/h7H,3-6H2,1-2H3/t7-/m1/s1. The molecule has 2 heteroatoms. The number of carbonyl (C=O) groups excluding carboxylic acids is 1. The molecule has 0 N–H and O–H groups in total. The molecule has 0 spiro atoms. The molecule has 1 aliphatic rings. The Balaban J connectivity index is 2.40. The van der Waals surface area contributed by atoms with Crippen LogP contribution < -0.4 is 0 Å². The lowest BCUT2D eigenvalue weighted by atomic mass is 9.99. The summed E-state index contributed by atoms with van der Waals surface area (Å²) in [5.74, 6) is 0.707. The molecule has 0 aromatic carbocycles. The van der Waals surface area contributed by atoms with E-state index >= 15 is 0 Å². The summed E-state index contributed by atoms with van der Waals surface area (Å²) < 4.78 is 0. The zero-order valence-corrected chi connectivity index (χ0v) is 6.76. The topological polar surface area (TPSA) is 20.3 Å². The molecule has 0 aromatic rings. The maximum Gasteiger partial charge on any atom is 0.138 e. The van der Waals surface area contributed by atoms with Gasteiger partial charge in [0.05, 0.1) is 0 Å². The molecule has 2 nitrogen and oxygen atoms in total. The van der Waals surface area contributed by atoms with Crippen LogP contribution in [-0.2, 0) is 4.79 Å². The first kappa shape index (κ1) is 7.73. The van der Waals surface area contributed by atoms with E-state index in [1.54, 1.807) is 0 Å². The smallest absolute Gasteiger partial charge is 0.138 e. The first-order valence-electron chi connectivity index (χ1n) is 3.99. The number of ketones is 1. The summed E-state index contributed by atoms with van der Waals surface area (Å²) in [6, 6.07) is 0. The molecular weight excluding hydrogens is 126 g/mol. The molecule has 1 fully saturated rings. The molecule has 1 atom stereocenters. The molecule has 0 radical (unpaired) electrons. The van der Waals surface area contributed by atoms with Crippen molar-refractivity contribution in [2.24, 2.45) is 5.92 Å². The Morgan fingerprint density at radius 3 is 2.90 bits per heavy atom. The van der Waals surface area contributed by atoms with Crippen molar-refractivity contribution < 1.29 is 4.79 Å². The van der Waals surface area contributed by atoms with Crippen molar-refractivity contribution in [2.45, 2.75) is 20.3 Å². The Morgan fingerprint density at radius 1 is 1.70 bits per heavy atom. The van der Waals surface area contributed by atoms with Crippen molar-refractivity contribution in [1.82, 2.24) is 4.90 Å². The van der Waals surface area contributed by atoms with E-state index in [-0.39, 0.29) is 5.92 Å².